The number of carbonyl (C=O) groups excluding carboxylic acids is 6. The maximum atomic E-state index is 13.9. The molecule has 21 nitrogen and oxygen atoms in total. The largest absolute Gasteiger partial charge is 0.418 e. The van der Waals surface area contributed by atoms with E-state index in [0.29, 0.717) is 79.8 Å². The van der Waals surface area contributed by atoms with E-state index in [1.54, 1.807) is 150 Å². The molecular formula is C84H70F7N15O6. The number of alkyl halides is 6. The van der Waals surface area contributed by atoms with Crippen LogP contribution in [0.15, 0.2) is 219 Å². The lowest BCUT2D eigenvalue weighted by molar-refractivity contribution is -0.138. The molecule has 6 aromatic carbocycles. The fourth-order valence-corrected chi connectivity index (χ4v) is 13.4. The van der Waals surface area contributed by atoms with E-state index < -0.39 is 68.7 Å². The summed E-state index contributed by atoms with van der Waals surface area (Å²) >= 11 is 0. The summed E-state index contributed by atoms with van der Waals surface area (Å²) in [4.78, 5) is 122. The van der Waals surface area contributed by atoms with Crippen LogP contribution in [0.1, 0.15) is 125 Å². The van der Waals surface area contributed by atoms with Crippen LogP contribution in [0.25, 0.3) is 33.8 Å². The van der Waals surface area contributed by atoms with Gasteiger partial charge in [-0.05, 0) is 177 Å². The Morgan fingerprint density at radius 1 is 0.384 bits per heavy atom. The van der Waals surface area contributed by atoms with Gasteiger partial charge >= 0.3 is 12.4 Å². The van der Waals surface area contributed by atoms with Crippen molar-refractivity contribution in [3.8, 4) is 33.8 Å². The topological polar surface area (TPSA) is 264 Å². The van der Waals surface area contributed by atoms with Crippen LogP contribution >= 0.6 is 0 Å². The minimum absolute atomic E-state index is 0. The first kappa shape index (κ1) is 77.9. The number of fused-ring (bicyclic) bond motifs is 3. The molecule has 0 aliphatic carbocycles. The molecule has 0 unspecified atom stereocenters. The Kier molecular flexibility index (Phi) is 21.2. The van der Waals surface area contributed by atoms with Crippen LogP contribution in [0.4, 0.5) is 82.7 Å². The van der Waals surface area contributed by atoms with Gasteiger partial charge in [-0.15, -0.1) is 0 Å². The average molecular weight is 1520 g/mol. The second kappa shape index (κ2) is 30.4. The Bertz CT molecular complexity index is 5420. The van der Waals surface area contributed by atoms with Crippen LogP contribution in [0.2, 0.25) is 0 Å². The molecule has 6 amide bonds. The van der Waals surface area contributed by atoms with Gasteiger partial charge in [0.25, 0.3) is 17.7 Å². The summed E-state index contributed by atoms with van der Waals surface area (Å²) in [5.41, 5.74) is 3.29. The van der Waals surface area contributed by atoms with Crippen LogP contribution in [0.5, 0.6) is 0 Å². The molecule has 28 heteroatoms. The van der Waals surface area contributed by atoms with Gasteiger partial charge in [-0.3, -0.25) is 33.8 Å². The Morgan fingerprint density at radius 3 is 1.11 bits per heavy atom. The second-order valence-electron chi connectivity index (χ2n) is 27.7. The number of nitrogens with zero attached hydrogens (tertiary/aromatic N) is 12. The van der Waals surface area contributed by atoms with Gasteiger partial charge in [-0.2, -0.15) is 26.3 Å². The van der Waals surface area contributed by atoms with Gasteiger partial charge in [0.05, 0.1) is 67.1 Å². The lowest BCUT2D eigenvalue weighted by Gasteiger charge is -2.20. The van der Waals surface area contributed by atoms with E-state index in [9.17, 15) is 59.5 Å². The number of amides is 6. The highest BCUT2D eigenvalue weighted by Crippen LogP contribution is 2.52. The van der Waals surface area contributed by atoms with Crippen molar-refractivity contribution in [2.45, 2.75) is 98.3 Å². The van der Waals surface area contributed by atoms with Crippen LogP contribution in [0.3, 0.4) is 0 Å². The number of carbonyl (C=O) groups is 6. The molecule has 3 aliphatic rings. The summed E-state index contributed by atoms with van der Waals surface area (Å²) in [6, 6.07) is 46.4. The van der Waals surface area contributed by atoms with Crippen LogP contribution in [0, 0.1) is 26.6 Å². The molecular weight excluding hydrogens is 1450 g/mol. The number of halogens is 7. The average Bonchev–Trinajstić information content (AvgIpc) is 1.58. The normalized spacial score (nSPS) is 14.1. The molecule has 3 aliphatic heterocycles. The van der Waals surface area contributed by atoms with Crippen LogP contribution in [-0.2, 0) is 43.0 Å². The third-order valence-corrected chi connectivity index (χ3v) is 18.9. The Balaban J connectivity index is 0.000000155. The summed E-state index contributed by atoms with van der Waals surface area (Å²) < 4.78 is 96.5. The predicted octanol–water partition coefficient (Wildman–Crippen LogP) is 18.0. The Morgan fingerprint density at radius 2 is 0.723 bits per heavy atom. The van der Waals surface area contributed by atoms with E-state index in [4.69, 9.17) is 0 Å². The first-order chi connectivity index (χ1) is 52.7. The molecule has 3 N–H and O–H groups in total. The predicted molar refractivity (Wildman–Crippen MR) is 410 cm³/mol. The molecule has 9 heterocycles. The van der Waals surface area contributed by atoms with Crippen molar-refractivity contribution in [1.82, 2.24) is 44.9 Å². The minimum atomic E-state index is -4.80. The number of rotatable bonds is 12. The van der Waals surface area contributed by atoms with Gasteiger partial charge in [0.1, 0.15) is 17.2 Å². The number of nitrogens with one attached hydrogen (secondary N) is 3. The maximum Gasteiger partial charge on any atom is 0.418 e. The van der Waals surface area contributed by atoms with E-state index >= 15 is 0 Å². The summed E-state index contributed by atoms with van der Waals surface area (Å²) in [7, 11) is 0. The van der Waals surface area contributed by atoms with Gasteiger partial charge in [0.15, 0.2) is 0 Å². The van der Waals surface area contributed by atoms with E-state index in [2.05, 4.69) is 60.8 Å². The molecule has 0 fully saturated rings. The minimum Gasteiger partial charge on any atom is -0.322 e. The molecule has 0 radical (unpaired) electrons. The van der Waals surface area contributed by atoms with Crippen molar-refractivity contribution in [3.63, 3.8) is 0 Å². The van der Waals surface area contributed by atoms with Gasteiger partial charge in [0.2, 0.25) is 35.6 Å². The summed E-state index contributed by atoms with van der Waals surface area (Å²) in [6.45, 7) is 16.1. The van der Waals surface area contributed by atoms with Crippen LogP contribution < -0.4 is 30.7 Å². The van der Waals surface area contributed by atoms with Crippen molar-refractivity contribution >= 4 is 87.4 Å². The molecule has 12 aromatic rings. The smallest absolute Gasteiger partial charge is 0.322 e. The van der Waals surface area contributed by atoms with Crippen molar-refractivity contribution in [2.24, 2.45) is 0 Å². The molecule has 6 aromatic heterocycles. The molecule has 112 heavy (non-hydrogen) atoms. The lowest BCUT2D eigenvalue weighted by Crippen LogP contribution is -2.34. The molecule has 0 bridgehead atoms. The second-order valence-corrected chi connectivity index (χ2v) is 27.7. The third-order valence-electron chi connectivity index (χ3n) is 18.9. The zero-order valence-electron chi connectivity index (χ0n) is 60.7. The summed E-state index contributed by atoms with van der Waals surface area (Å²) in [5.74, 6) is -2.78. The van der Waals surface area contributed by atoms with Gasteiger partial charge in [-0.1, -0.05) is 85.3 Å². The zero-order chi connectivity index (χ0) is 79.2. The van der Waals surface area contributed by atoms with Crippen molar-refractivity contribution in [3.05, 3.63) is 287 Å². The molecule has 0 saturated carbocycles. The van der Waals surface area contributed by atoms with Crippen molar-refractivity contribution in [1.29, 1.82) is 0 Å². The highest BCUT2D eigenvalue weighted by Gasteiger charge is 2.51. The fourth-order valence-electron chi connectivity index (χ4n) is 13.4. The SMILES string of the molecule is C.Cc1ccc(-c2cccc3c2C(C)(C)C(=O)N3c2ncccn2)nc1C(=O)Nc1ccc(F)cc1.Cc1ccc(NC(=O)c2cc(-c3cccc4c3C(C)(C)C(=O)N4c3ncccn3)ncc2C(F)(F)F)cc1.Cc1ccc(NC(=O)c2nc(-c3cccc4c3C(C)(C)C(=O)N4c3ncccn3)ccc2C(F)(F)F)cc1. The van der Waals surface area contributed by atoms with Gasteiger partial charge < -0.3 is 16.0 Å². The highest BCUT2D eigenvalue weighted by molar-refractivity contribution is 6.16. The standard InChI is InChI=1S/2C28H22F3N5O2.C27H22FN5O2.CH4/c1-16-8-10-17(11-9-16)34-24(37)23-19(28(29,30)31)12-13-20(35-23)18-6-4-7-21-22(18)27(2,3)25(38)36(21)26-32-14-5-15-33-26;1-16-8-10-17(11-9-16)35-24(37)19-14-21(34-15-20(19)28(29,30)31)18-6-4-7-22-23(18)27(2,3)25(38)36(22)26-32-12-5-13-33-26;1-16-8-13-20(32-23(16)24(34)31-18-11-9-17(28)10-12-18)19-6-4-7-21-22(19)27(2,3)25(35)33(21)26-29-14-5-15-30-26;/h4-15H,1-3H3,(H,34,37);4-15H,1-3H3,(H,35,37);4-15H,1-3H3,(H,31,34);1H4. The number of benzene rings is 6. The van der Waals surface area contributed by atoms with Crippen LogP contribution in [-0.4, -0.2) is 80.3 Å². The fraction of sp³-hybridized carbons (Fsp3) is 0.179. The monoisotopic (exact) mass is 1520 g/mol. The molecule has 0 atom stereocenters. The number of aromatic nitrogens is 9. The molecule has 0 spiro atoms. The number of hydrogen-bond donors (Lipinski definition) is 3. The van der Waals surface area contributed by atoms with Crippen molar-refractivity contribution < 1.29 is 59.5 Å². The van der Waals surface area contributed by atoms with Crippen molar-refractivity contribution in [2.75, 3.05) is 30.7 Å². The number of aryl methyl sites for hydroxylation is 3. The number of anilines is 9. The van der Waals surface area contributed by atoms with Gasteiger partial charge in [0, 0.05) is 93.8 Å². The summed E-state index contributed by atoms with van der Waals surface area (Å²) in [5, 5.41) is 7.80. The van der Waals surface area contributed by atoms with E-state index in [0.717, 1.165) is 34.4 Å². The van der Waals surface area contributed by atoms with E-state index in [1.165, 1.54) is 69.8 Å². The van der Waals surface area contributed by atoms with Gasteiger partial charge in [-0.25, -0.2) is 59.0 Å². The van der Waals surface area contributed by atoms with E-state index in [-0.39, 0.29) is 59.9 Å². The molecule has 0 saturated heterocycles. The quantitative estimate of drug-likeness (QED) is 0.0960. The number of hydrogen-bond acceptors (Lipinski definition) is 15. The molecule has 566 valence electrons. The Labute approximate surface area is 638 Å². The first-order valence-electron chi connectivity index (χ1n) is 34.5. The maximum absolute atomic E-state index is 13.9. The number of pyridine rings is 3. The highest BCUT2D eigenvalue weighted by atomic mass is 19.4. The van der Waals surface area contributed by atoms with E-state index in [1.807, 2.05) is 58.0 Å². The first-order valence-corrected chi connectivity index (χ1v) is 34.5. The zero-order valence-corrected chi connectivity index (χ0v) is 60.7. The Hall–Kier alpha value is -13.7. The molecule has 15 rings (SSSR count). The third kappa shape index (κ3) is 15.0. The lowest BCUT2D eigenvalue weighted by atomic mass is 9.82. The summed E-state index contributed by atoms with van der Waals surface area (Å²) in [6.07, 6.45) is 0.293.